The maximum atomic E-state index is 13.6. The minimum Gasteiger partial charge on any atom is -0.476 e. The van der Waals surface area contributed by atoms with Crippen LogP contribution in [0.3, 0.4) is 0 Å². The van der Waals surface area contributed by atoms with Crippen molar-refractivity contribution in [2.24, 2.45) is 5.10 Å². The standard InChI is InChI=1S/C27H35N7O6S2/c1-32(2)11-19-40-23-9-8-22-26(29-23)41-27(28-22)30-25(35)24(31-33-12-16-39-17-13-33)20-4-6-21(7-5-20)42(36,37)34-10-3-15-38-18-14-34/h4-9H,3,10-19H2,1-2H3,(H,28,30,35). The number of hydrogen-bond acceptors (Lipinski definition) is 12. The second-order valence-electron chi connectivity index (χ2n) is 10.0. The van der Waals surface area contributed by atoms with Gasteiger partial charge in [-0.05, 0) is 38.7 Å². The largest absolute Gasteiger partial charge is 0.476 e. The molecule has 13 nitrogen and oxygen atoms in total. The number of likely N-dealkylation sites (N-methyl/N-ethyl adjacent to an activating group) is 1. The fourth-order valence-electron chi connectivity index (χ4n) is 4.35. The number of nitrogens with one attached hydrogen (secondary N) is 1. The van der Waals surface area contributed by atoms with Gasteiger partial charge in [0.2, 0.25) is 15.9 Å². The maximum absolute atomic E-state index is 13.6. The van der Waals surface area contributed by atoms with Gasteiger partial charge in [-0.1, -0.05) is 23.5 Å². The molecule has 2 aliphatic rings. The summed E-state index contributed by atoms with van der Waals surface area (Å²) in [6.45, 7) is 4.92. The van der Waals surface area contributed by atoms with E-state index in [-0.39, 0.29) is 10.6 Å². The van der Waals surface area contributed by atoms with Crippen molar-refractivity contribution in [3.05, 3.63) is 42.0 Å². The quantitative estimate of drug-likeness (QED) is 0.335. The van der Waals surface area contributed by atoms with Crippen LogP contribution in [-0.4, -0.2) is 124 Å². The number of benzene rings is 1. The number of carbonyl (C=O) groups excluding carboxylic acids is 1. The number of amides is 1. The highest BCUT2D eigenvalue weighted by molar-refractivity contribution is 7.89. The van der Waals surface area contributed by atoms with E-state index in [0.29, 0.717) is 92.6 Å². The number of hydrazone groups is 1. The first-order chi connectivity index (χ1) is 20.3. The molecule has 3 aromatic rings. The average Bonchev–Trinajstić information content (AvgIpc) is 3.17. The Morgan fingerprint density at radius 2 is 1.76 bits per heavy atom. The highest BCUT2D eigenvalue weighted by atomic mass is 32.2. The molecule has 1 N–H and O–H groups in total. The Morgan fingerprint density at radius 1 is 1.02 bits per heavy atom. The second-order valence-corrected chi connectivity index (χ2v) is 12.9. The Kier molecular flexibility index (Phi) is 9.97. The maximum Gasteiger partial charge on any atom is 0.278 e. The molecule has 15 heteroatoms. The van der Waals surface area contributed by atoms with Crippen molar-refractivity contribution >= 4 is 48.5 Å². The zero-order chi connectivity index (χ0) is 29.5. The van der Waals surface area contributed by atoms with Crippen LogP contribution in [0.2, 0.25) is 0 Å². The number of carbonyl (C=O) groups is 1. The Labute approximate surface area is 249 Å². The van der Waals surface area contributed by atoms with Gasteiger partial charge in [0.1, 0.15) is 17.0 Å². The summed E-state index contributed by atoms with van der Waals surface area (Å²) in [5, 5.41) is 9.62. The number of anilines is 1. The third-order valence-corrected chi connectivity index (χ3v) is 9.42. The van der Waals surface area contributed by atoms with E-state index in [1.165, 1.54) is 27.8 Å². The lowest BCUT2D eigenvalue weighted by molar-refractivity contribution is -0.110. The normalized spacial score (nSPS) is 17.4. The van der Waals surface area contributed by atoms with E-state index in [2.05, 4.69) is 20.4 Å². The van der Waals surface area contributed by atoms with E-state index in [0.717, 1.165) is 6.54 Å². The second kappa shape index (κ2) is 13.8. The third-order valence-electron chi connectivity index (χ3n) is 6.63. The summed E-state index contributed by atoms with van der Waals surface area (Å²) in [5.74, 6) is 0.0199. The van der Waals surface area contributed by atoms with Crippen molar-refractivity contribution in [1.82, 2.24) is 24.2 Å². The fraction of sp³-hybridized carbons (Fsp3) is 0.481. The van der Waals surface area contributed by atoms with Crippen molar-refractivity contribution in [2.45, 2.75) is 11.3 Å². The molecule has 0 saturated carbocycles. The predicted octanol–water partition coefficient (Wildman–Crippen LogP) is 1.72. The summed E-state index contributed by atoms with van der Waals surface area (Å²) in [5.41, 5.74) is 1.26. The van der Waals surface area contributed by atoms with Crippen LogP contribution in [0.15, 0.2) is 46.4 Å². The summed E-state index contributed by atoms with van der Waals surface area (Å²) >= 11 is 1.23. The molecule has 2 saturated heterocycles. The van der Waals surface area contributed by atoms with Crippen molar-refractivity contribution in [3.63, 3.8) is 0 Å². The molecule has 0 radical (unpaired) electrons. The number of ether oxygens (including phenoxy) is 3. The van der Waals surface area contributed by atoms with E-state index < -0.39 is 15.9 Å². The van der Waals surface area contributed by atoms with Gasteiger partial charge >= 0.3 is 0 Å². The van der Waals surface area contributed by atoms with Gasteiger partial charge in [-0.3, -0.25) is 15.1 Å². The molecule has 2 fully saturated rings. The van der Waals surface area contributed by atoms with Crippen LogP contribution in [0, 0.1) is 0 Å². The SMILES string of the molecule is CN(C)CCOc1ccc2nc(NC(=O)C(=NN3CCOCC3)c3ccc(S(=O)(=O)N4CCCOCC4)cc3)sc2n1. The summed E-state index contributed by atoms with van der Waals surface area (Å²) in [6, 6.07) is 9.80. The summed E-state index contributed by atoms with van der Waals surface area (Å²) in [6.07, 6.45) is 0.639. The first-order valence-corrected chi connectivity index (χ1v) is 16.0. The van der Waals surface area contributed by atoms with Crippen LogP contribution in [0.25, 0.3) is 10.3 Å². The number of thiazole rings is 1. The molecule has 5 rings (SSSR count). The number of nitrogens with zero attached hydrogens (tertiary/aromatic N) is 6. The molecule has 4 heterocycles. The Morgan fingerprint density at radius 3 is 2.52 bits per heavy atom. The van der Waals surface area contributed by atoms with Gasteiger partial charge in [0, 0.05) is 37.9 Å². The topological polar surface area (TPSA) is 139 Å². The van der Waals surface area contributed by atoms with E-state index in [9.17, 15) is 13.2 Å². The molecular weight excluding hydrogens is 582 g/mol. The third kappa shape index (κ3) is 7.59. The van der Waals surface area contributed by atoms with Gasteiger partial charge in [-0.15, -0.1) is 0 Å². The molecule has 0 unspecified atom stereocenters. The van der Waals surface area contributed by atoms with Crippen LogP contribution in [-0.2, 0) is 24.3 Å². The van der Waals surface area contributed by atoms with Crippen molar-refractivity contribution in [1.29, 1.82) is 0 Å². The summed E-state index contributed by atoms with van der Waals surface area (Å²) < 4.78 is 44.4. The number of pyridine rings is 1. The van der Waals surface area contributed by atoms with E-state index in [4.69, 9.17) is 14.2 Å². The molecule has 0 aliphatic carbocycles. The Hall–Kier alpha value is -3.21. The molecular formula is C27H35N7O6S2. The first-order valence-electron chi connectivity index (χ1n) is 13.8. The van der Waals surface area contributed by atoms with E-state index in [1.807, 2.05) is 19.0 Å². The summed E-state index contributed by atoms with van der Waals surface area (Å²) in [4.78, 5) is 25.4. The molecule has 0 atom stereocenters. The number of rotatable bonds is 10. The minimum atomic E-state index is -3.69. The Balaban J connectivity index is 1.36. The van der Waals surface area contributed by atoms with Crippen LogP contribution >= 0.6 is 11.3 Å². The van der Waals surface area contributed by atoms with Gasteiger partial charge in [0.25, 0.3) is 5.91 Å². The highest BCUT2D eigenvalue weighted by Crippen LogP contribution is 2.27. The number of morpholine rings is 1. The van der Waals surface area contributed by atoms with Gasteiger partial charge in [0.05, 0.1) is 37.8 Å². The lowest BCUT2D eigenvalue weighted by Crippen LogP contribution is -2.35. The number of hydrogen-bond donors (Lipinski definition) is 1. The summed E-state index contributed by atoms with van der Waals surface area (Å²) in [7, 11) is 0.245. The fourth-order valence-corrected chi connectivity index (χ4v) is 6.64. The number of sulfonamides is 1. The zero-order valence-electron chi connectivity index (χ0n) is 23.7. The highest BCUT2D eigenvalue weighted by Gasteiger charge is 2.26. The lowest BCUT2D eigenvalue weighted by atomic mass is 10.1. The molecule has 1 amide bonds. The van der Waals surface area contributed by atoms with E-state index in [1.54, 1.807) is 29.3 Å². The number of aromatic nitrogens is 2. The minimum absolute atomic E-state index is 0.143. The molecule has 2 aliphatic heterocycles. The first kappa shape index (κ1) is 30.3. The molecule has 0 spiro atoms. The molecule has 1 aromatic carbocycles. The predicted molar refractivity (Wildman–Crippen MR) is 160 cm³/mol. The van der Waals surface area contributed by atoms with Crippen LogP contribution in [0.4, 0.5) is 5.13 Å². The van der Waals surface area contributed by atoms with Gasteiger partial charge in [-0.2, -0.15) is 9.41 Å². The van der Waals surface area contributed by atoms with E-state index >= 15 is 0 Å². The lowest BCUT2D eigenvalue weighted by Gasteiger charge is -2.25. The monoisotopic (exact) mass is 617 g/mol. The smallest absolute Gasteiger partial charge is 0.278 e. The molecule has 42 heavy (non-hydrogen) atoms. The van der Waals surface area contributed by atoms with Gasteiger partial charge < -0.3 is 19.1 Å². The van der Waals surface area contributed by atoms with Crippen LogP contribution < -0.4 is 10.1 Å². The van der Waals surface area contributed by atoms with Crippen molar-refractivity contribution < 1.29 is 27.4 Å². The van der Waals surface area contributed by atoms with Crippen molar-refractivity contribution in [2.75, 3.05) is 85.2 Å². The molecule has 226 valence electrons. The van der Waals surface area contributed by atoms with Gasteiger partial charge in [0.15, 0.2) is 10.8 Å². The molecule has 2 aromatic heterocycles. The van der Waals surface area contributed by atoms with Crippen molar-refractivity contribution in [3.8, 4) is 5.88 Å². The average molecular weight is 618 g/mol. The number of fused-ring (bicyclic) bond motifs is 1. The Bertz CT molecular complexity index is 1500. The molecule has 0 bridgehead atoms. The van der Waals surface area contributed by atoms with Crippen LogP contribution in [0.5, 0.6) is 5.88 Å². The van der Waals surface area contributed by atoms with Crippen LogP contribution in [0.1, 0.15) is 12.0 Å². The zero-order valence-corrected chi connectivity index (χ0v) is 25.3. The van der Waals surface area contributed by atoms with Gasteiger partial charge in [-0.25, -0.2) is 18.4 Å².